The normalized spacial score (nSPS) is 10.4. The van der Waals surface area contributed by atoms with Gasteiger partial charge in [-0.2, -0.15) is 0 Å². The summed E-state index contributed by atoms with van der Waals surface area (Å²) >= 11 is 0. The van der Waals surface area contributed by atoms with E-state index >= 15 is 0 Å². The van der Waals surface area contributed by atoms with Gasteiger partial charge in [-0.25, -0.2) is 13.2 Å². The van der Waals surface area contributed by atoms with Gasteiger partial charge in [-0.05, 0) is 30.2 Å². The van der Waals surface area contributed by atoms with Gasteiger partial charge in [-0.1, -0.05) is 24.3 Å². The molecule has 2 aromatic carbocycles. The lowest BCUT2D eigenvalue weighted by molar-refractivity contribution is -0.121. The highest BCUT2D eigenvalue weighted by Gasteiger charge is 2.13. The van der Waals surface area contributed by atoms with E-state index in [1.807, 2.05) is 31.2 Å². The Balaban J connectivity index is 1.79. The highest BCUT2D eigenvalue weighted by molar-refractivity contribution is 5.76. The molecule has 1 amide bonds. The molecule has 122 valence electrons. The van der Waals surface area contributed by atoms with Gasteiger partial charge in [0.05, 0.1) is 5.69 Å². The lowest BCUT2D eigenvalue weighted by Crippen LogP contribution is -2.25. The first kappa shape index (κ1) is 16.9. The zero-order chi connectivity index (χ0) is 16.8. The van der Waals surface area contributed by atoms with Crippen LogP contribution in [0.3, 0.4) is 0 Å². The Morgan fingerprint density at radius 2 is 1.78 bits per heavy atom. The van der Waals surface area contributed by atoms with Gasteiger partial charge in [0.25, 0.3) is 0 Å². The van der Waals surface area contributed by atoms with Gasteiger partial charge in [0.15, 0.2) is 17.5 Å². The van der Waals surface area contributed by atoms with Gasteiger partial charge >= 0.3 is 0 Å². The van der Waals surface area contributed by atoms with Crippen molar-refractivity contribution in [3.8, 4) is 0 Å². The molecule has 0 saturated heterocycles. The predicted molar refractivity (Wildman–Crippen MR) is 82.4 cm³/mol. The largest absolute Gasteiger partial charge is 0.382 e. The second-order valence-corrected chi connectivity index (χ2v) is 5.10. The van der Waals surface area contributed by atoms with Crippen molar-refractivity contribution in [2.24, 2.45) is 0 Å². The Morgan fingerprint density at radius 3 is 2.52 bits per heavy atom. The summed E-state index contributed by atoms with van der Waals surface area (Å²) in [6, 6.07) is 9.61. The van der Waals surface area contributed by atoms with Gasteiger partial charge in [-0.3, -0.25) is 4.79 Å². The highest BCUT2D eigenvalue weighted by Crippen LogP contribution is 2.19. The average molecular weight is 322 g/mol. The van der Waals surface area contributed by atoms with E-state index in [-0.39, 0.29) is 24.6 Å². The van der Waals surface area contributed by atoms with Crippen molar-refractivity contribution in [1.29, 1.82) is 0 Å². The summed E-state index contributed by atoms with van der Waals surface area (Å²) in [6.45, 7) is 2.47. The first-order valence-corrected chi connectivity index (χ1v) is 7.17. The fourth-order valence-electron chi connectivity index (χ4n) is 2.06. The van der Waals surface area contributed by atoms with E-state index in [0.717, 1.165) is 23.3 Å². The standard InChI is InChI=1S/C17H17F3N2O/c1-11-4-2-3-5-12(11)10-22-15(23)8-9-21-14-7-6-13(18)16(19)17(14)20/h2-7,21H,8-10H2,1H3,(H,22,23). The summed E-state index contributed by atoms with van der Waals surface area (Å²) < 4.78 is 39.3. The Labute approximate surface area is 132 Å². The maximum atomic E-state index is 13.4. The van der Waals surface area contributed by atoms with E-state index in [1.54, 1.807) is 0 Å². The van der Waals surface area contributed by atoms with Crippen LogP contribution in [0.2, 0.25) is 0 Å². The Hall–Kier alpha value is -2.50. The molecule has 0 aliphatic carbocycles. The SMILES string of the molecule is Cc1ccccc1CNC(=O)CCNc1ccc(F)c(F)c1F. The Bertz CT molecular complexity index is 704. The molecule has 6 heteroatoms. The summed E-state index contributed by atoms with van der Waals surface area (Å²) in [6.07, 6.45) is 0.0876. The van der Waals surface area contributed by atoms with Gasteiger partial charge in [0.1, 0.15) is 0 Å². The van der Waals surface area contributed by atoms with E-state index in [2.05, 4.69) is 10.6 Å². The Morgan fingerprint density at radius 1 is 1.04 bits per heavy atom. The average Bonchev–Trinajstić information content (AvgIpc) is 2.54. The number of hydrogen-bond acceptors (Lipinski definition) is 2. The number of anilines is 1. The third kappa shape index (κ3) is 4.48. The van der Waals surface area contributed by atoms with Crippen LogP contribution >= 0.6 is 0 Å². The molecule has 2 rings (SSSR count). The molecule has 0 aliphatic rings. The summed E-state index contributed by atoms with van der Waals surface area (Å²) in [5, 5.41) is 5.33. The number of aryl methyl sites for hydroxylation is 1. The van der Waals surface area contributed by atoms with Crippen molar-refractivity contribution in [2.75, 3.05) is 11.9 Å². The van der Waals surface area contributed by atoms with Crippen LogP contribution in [0.25, 0.3) is 0 Å². The van der Waals surface area contributed by atoms with Crippen LogP contribution in [0.5, 0.6) is 0 Å². The zero-order valence-corrected chi connectivity index (χ0v) is 12.6. The van der Waals surface area contributed by atoms with Crippen molar-refractivity contribution in [2.45, 2.75) is 19.9 Å². The first-order chi connectivity index (χ1) is 11.0. The molecule has 0 atom stereocenters. The second kappa shape index (κ2) is 7.67. The van der Waals surface area contributed by atoms with Crippen molar-refractivity contribution in [3.63, 3.8) is 0 Å². The molecule has 0 saturated carbocycles. The third-order valence-corrected chi connectivity index (χ3v) is 3.44. The molecule has 0 heterocycles. The number of benzene rings is 2. The number of amides is 1. The van der Waals surface area contributed by atoms with Crippen LogP contribution in [-0.4, -0.2) is 12.5 Å². The maximum absolute atomic E-state index is 13.4. The van der Waals surface area contributed by atoms with Crippen LogP contribution in [0.15, 0.2) is 36.4 Å². The quantitative estimate of drug-likeness (QED) is 0.799. The van der Waals surface area contributed by atoms with Gasteiger partial charge in [0, 0.05) is 19.5 Å². The molecule has 0 aromatic heterocycles. The van der Waals surface area contributed by atoms with E-state index in [1.165, 1.54) is 0 Å². The van der Waals surface area contributed by atoms with Crippen molar-refractivity contribution < 1.29 is 18.0 Å². The van der Waals surface area contributed by atoms with Crippen LogP contribution in [0.4, 0.5) is 18.9 Å². The molecule has 0 radical (unpaired) electrons. The molecule has 0 unspecified atom stereocenters. The minimum atomic E-state index is -1.53. The minimum absolute atomic E-state index is 0.0876. The molecule has 0 spiro atoms. The number of hydrogen-bond donors (Lipinski definition) is 2. The lowest BCUT2D eigenvalue weighted by Gasteiger charge is -2.10. The van der Waals surface area contributed by atoms with Crippen LogP contribution in [0.1, 0.15) is 17.5 Å². The Kier molecular flexibility index (Phi) is 5.62. The smallest absolute Gasteiger partial charge is 0.222 e. The van der Waals surface area contributed by atoms with Gasteiger partial charge in [0.2, 0.25) is 5.91 Å². The number of rotatable bonds is 6. The topological polar surface area (TPSA) is 41.1 Å². The molecular weight excluding hydrogens is 305 g/mol. The molecular formula is C17H17F3N2O. The summed E-state index contributed by atoms with van der Waals surface area (Å²) in [7, 11) is 0. The molecule has 2 N–H and O–H groups in total. The molecule has 0 bridgehead atoms. The summed E-state index contributed by atoms with van der Waals surface area (Å²) in [5.74, 6) is -4.28. The fourth-order valence-corrected chi connectivity index (χ4v) is 2.06. The number of carbonyl (C=O) groups is 1. The van der Waals surface area contributed by atoms with E-state index < -0.39 is 17.5 Å². The monoisotopic (exact) mass is 322 g/mol. The maximum Gasteiger partial charge on any atom is 0.222 e. The van der Waals surface area contributed by atoms with Gasteiger partial charge < -0.3 is 10.6 Å². The predicted octanol–water partition coefficient (Wildman–Crippen LogP) is 3.53. The minimum Gasteiger partial charge on any atom is -0.382 e. The van der Waals surface area contributed by atoms with Crippen LogP contribution in [-0.2, 0) is 11.3 Å². The molecule has 0 aliphatic heterocycles. The molecule has 3 nitrogen and oxygen atoms in total. The lowest BCUT2D eigenvalue weighted by atomic mass is 10.1. The fraction of sp³-hybridized carbons (Fsp3) is 0.235. The second-order valence-electron chi connectivity index (χ2n) is 5.10. The van der Waals surface area contributed by atoms with Crippen LogP contribution in [0, 0.1) is 24.4 Å². The molecule has 23 heavy (non-hydrogen) atoms. The number of nitrogens with one attached hydrogen (secondary N) is 2. The number of halogens is 3. The highest BCUT2D eigenvalue weighted by atomic mass is 19.2. The van der Waals surface area contributed by atoms with E-state index in [0.29, 0.717) is 6.54 Å². The molecule has 2 aromatic rings. The third-order valence-electron chi connectivity index (χ3n) is 3.44. The molecule has 0 fully saturated rings. The zero-order valence-electron chi connectivity index (χ0n) is 12.6. The number of carbonyl (C=O) groups excluding carboxylic acids is 1. The van der Waals surface area contributed by atoms with Gasteiger partial charge in [-0.15, -0.1) is 0 Å². The summed E-state index contributed by atoms with van der Waals surface area (Å²) in [4.78, 5) is 11.7. The van der Waals surface area contributed by atoms with Crippen LogP contribution < -0.4 is 10.6 Å². The van der Waals surface area contributed by atoms with Crippen molar-refractivity contribution in [1.82, 2.24) is 5.32 Å². The van der Waals surface area contributed by atoms with E-state index in [4.69, 9.17) is 0 Å². The van der Waals surface area contributed by atoms with Crippen molar-refractivity contribution >= 4 is 11.6 Å². The first-order valence-electron chi connectivity index (χ1n) is 7.17. The summed E-state index contributed by atoms with van der Waals surface area (Å²) in [5.41, 5.74) is 1.92. The van der Waals surface area contributed by atoms with Crippen molar-refractivity contribution in [3.05, 3.63) is 65.0 Å². The van der Waals surface area contributed by atoms with E-state index in [9.17, 15) is 18.0 Å².